The van der Waals surface area contributed by atoms with Crippen molar-refractivity contribution >= 4 is 0 Å². The van der Waals surface area contributed by atoms with Crippen LogP contribution in [0.15, 0.2) is 42.9 Å². The van der Waals surface area contributed by atoms with Gasteiger partial charge in [-0.1, -0.05) is 18.2 Å². The predicted octanol–water partition coefficient (Wildman–Crippen LogP) is 1.91. The summed E-state index contributed by atoms with van der Waals surface area (Å²) in [6.07, 6.45) is -0.366. The summed E-state index contributed by atoms with van der Waals surface area (Å²) < 4.78 is 15.6. The summed E-state index contributed by atoms with van der Waals surface area (Å²) in [5.74, 6) is 1.09. The zero-order valence-corrected chi connectivity index (χ0v) is 7.10. The molecular formula is C10H10O3. The Labute approximate surface area is 76.5 Å². The topological polar surface area (TPSA) is 27.7 Å². The smallest absolute Gasteiger partial charge is 0.278 e. The zero-order chi connectivity index (χ0) is 9.10. The molecule has 0 aromatic heterocycles. The number of ether oxygens (including phenoxy) is 3. The van der Waals surface area contributed by atoms with Crippen molar-refractivity contribution in [2.45, 2.75) is 6.29 Å². The second kappa shape index (κ2) is 3.39. The second-order valence-electron chi connectivity index (χ2n) is 2.66. The van der Waals surface area contributed by atoms with Crippen LogP contribution in [0.5, 0.6) is 5.75 Å². The molecule has 1 aromatic rings. The molecule has 0 bridgehead atoms. The minimum Gasteiger partial charge on any atom is -0.458 e. The molecule has 1 unspecified atom stereocenters. The van der Waals surface area contributed by atoms with Gasteiger partial charge in [-0.3, -0.25) is 0 Å². The summed E-state index contributed by atoms with van der Waals surface area (Å²) in [4.78, 5) is 0. The van der Waals surface area contributed by atoms with Crippen molar-refractivity contribution in [2.75, 3.05) is 6.61 Å². The Hall–Kier alpha value is -1.64. The van der Waals surface area contributed by atoms with Gasteiger partial charge in [0.25, 0.3) is 12.2 Å². The number of benzene rings is 1. The minimum atomic E-state index is -0.366. The molecule has 1 saturated heterocycles. The van der Waals surface area contributed by atoms with E-state index < -0.39 is 0 Å². The molecule has 1 heterocycles. The summed E-state index contributed by atoms with van der Waals surface area (Å²) in [6, 6.07) is 9.46. The highest BCUT2D eigenvalue weighted by Crippen LogP contribution is 2.18. The molecule has 1 fully saturated rings. The summed E-state index contributed by atoms with van der Waals surface area (Å²) in [5.41, 5.74) is 0. The summed E-state index contributed by atoms with van der Waals surface area (Å²) in [5, 5.41) is 0. The molecule has 13 heavy (non-hydrogen) atoms. The third-order valence-corrected chi connectivity index (χ3v) is 1.65. The van der Waals surface area contributed by atoms with E-state index in [0.29, 0.717) is 12.6 Å². The van der Waals surface area contributed by atoms with E-state index in [1.54, 1.807) is 0 Å². The molecule has 3 nitrogen and oxygen atoms in total. The van der Waals surface area contributed by atoms with Crippen LogP contribution in [0.1, 0.15) is 0 Å². The van der Waals surface area contributed by atoms with Crippen LogP contribution in [-0.4, -0.2) is 12.9 Å². The Morgan fingerprint density at radius 1 is 1.31 bits per heavy atom. The number of hydrogen-bond acceptors (Lipinski definition) is 3. The largest absolute Gasteiger partial charge is 0.458 e. The molecule has 0 amide bonds. The van der Waals surface area contributed by atoms with Gasteiger partial charge in [0.05, 0.1) is 0 Å². The average Bonchev–Trinajstić information content (AvgIpc) is 2.53. The molecule has 1 aliphatic rings. The number of hydrogen-bond donors (Lipinski definition) is 0. The van der Waals surface area contributed by atoms with Gasteiger partial charge in [0.15, 0.2) is 6.61 Å². The van der Waals surface area contributed by atoms with Gasteiger partial charge >= 0.3 is 0 Å². The van der Waals surface area contributed by atoms with Crippen LogP contribution in [0, 0.1) is 0 Å². The lowest BCUT2D eigenvalue weighted by Crippen LogP contribution is -2.17. The van der Waals surface area contributed by atoms with Crippen LogP contribution in [0.4, 0.5) is 0 Å². The van der Waals surface area contributed by atoms with Crippen molar-refractivity contribution in [3.8, 4) is 5.75 Å². The molecule has 0 spiro atoms. The van der Waals surface area contributed by atoms with E-state index in [1.165, 1.54) is 0 Å². The first-order valence-corrected chi connectivity index (χ1v) is 4.04. The molecule has 0 N–H and O–H groups in total. The van der Waals surface area contributed by atoms with Crippen LogP contribution in [0.25, 0.3) is 0 Å². The highest BCUT2D eigenvalue weighted by Gasteiger charge is 2.21. The summed E-state index contributed by atoms with van der Waals surface area (Å²) in [7, 11) is 0. The Balaban J connectivity index is 1.96. The molecule has 1 aromatic carbocycles. The third kappa shape index (κ3) is 1.93. The average molecular weight is 178 g/mol. The van der Waals surface area contributed by atoms with Crippen molar-refractivity contribution in [3.63, 3.8) is 0 Å². The standard InChI is InChI=1S/C10H10O3/c1-8-11-7-10(12-8)13-9-5-3-2-4-6-9/h2-6,10H,1,7H2. The van der Waals surface area contributed by atoms with Crippen molar-refractivity contribution in [3.05, 3.63) is 42.9 Å². The zero-order valence-electron chi connectivity index (χ0n) is 7.10. The fraction of sp³-hybridized carbons (Fsp3) is 0.200. The lowest BCUT2D eigenvalue weighted by atomic mass is 10.3. The summed E-state index contributed by atoms with van der Waals surface area (Å²) in [6.45, 7) is 3.92. The van der Waals surface area contributed by atoms with Crippen molar-refractivity contribution in [1.82, 2.24) is 0 Å². The van der Waals surface area contributed by atoms with E-state index >= 15 is 0 Å². The van der Waals surface area contributed by atoms with Gasteiger partial charge in [-0.2, -0.15) is 0 Å². The minimum absolute atomic E-state index is 0.320. The Morgan fingerprint density at radius 2 is 2.08 bits per heavy atom. The van der Waals surface area contributed by atoms with Gasteiger partial charge in [0.1, 0.15) is 5.75 Å². The van der Waals surface area contributed by atoms with Gasteiger partial charge < -0.3 is 14.2 Å². The van der Waals surface area contributed by atoms with Crippen molar-refractivity contribution in [2.24, 2.45) is 0 Å². The van der Waals surface area contributed by atoms with Gasteiger partial charge in [0, 0.05) is 0 Å². The molecular weight excluding hydrogens is 168 g/mol. The molecule has 3 heteroatoms. The lowest BCUT2D eigenvalue weighted by molar-refractivity contribution is -0.00466. The lowest BCUT2D eigenvalue weighted by Gasteiger charge is -2.09. The van der Waals surface area contributed by atoms with E-state index in [4.69, 9.17) is 14.2 Å². The normalized spacial score (nSPS) is 20.6. The monoisotopic (exact) mass is 178 g/mol. The molecule has 1 atom stereocenters. The van der Waals surface area contributed by atoms with Crippen LogP contribution in [-0.2, 0) is 9.47 Å². The molecule has 0 saturated carbocycles. The maximum atomic E-state index is 5.44. The first-order valence-electron chi connectivity index (χ1n) is 4.04. The molecule has 0 radical (unpaired) electrons. The maximum absolute atomic E-state index is 5.44. The molecule has 0 aliphatic carbocycles. The van der Waals surface area contributed by atoms with E-state index in [0.717, 1.165) is 5.75 Å². The van der Waals surface area contributed by atoms with Gasteiger partial charge in [-0.05, 0) is 18.7 Å². The fourth-order valence-electron chi connectivity index (χ4n) is 1.08. The Morgan fingerprint density at radius 3 is 2.69 bits per heavy atom. The highest BCUT2D eigenvalue weighted by molar-refractivity contribution is 5.21. The van der Waals surface area contributed by atoms with Crippen LogP contribution >= 0.6 is 0 Å². The van der Waals surface area contributed by atoms with E-state index in [9.17, 15) is 0 Å². The number of rotatable bonds is 2. The van der Waals surface area contributed by atoms with Crippen LogP contribution < -0.4 is 4.74 Å². The third-order valence-electron chi connectivity index (χ3n) is 1.65. The Kier molecular flexibility index (Phi) is 2.08. The predicted molar refractivity (Wildman–Crippen MR) is 47.0 cm³/mol. The van der Waals surface area contributed by atoms with Crippen molar-refractivity contribution < 1.29 is 14.2 Å². The molecule has 68 valence electrons. The van der Waals surface area contributed by atoms with Crippen LogP contribution in [0.2, 0.25) is 0 Å². The molecule has 2 rings (SSSR count). The fourth-order valence-corrected chi connectivity index (χ4v) is 1.08. The highest BCUT2D eigenvalue weighted by atomic mass is 16.8. The molecule has 1 aliphatic heterocycles. The van der Waals surface area contributed by atoms with E-state index in [1.807, 2.05) is 30.3 Å². The number of para-hydroxylation sites is 1. The second-order valence-corrected chi connectivity index (χ2v) is 2.66. The maximum Gasteiger partial charge on any atom is 0.278 e. The SMILES string of the molecule is C=C1OCC(Oc2ccccc2)O1. The van der Waals surface area contributed by atoms with Crippen LogP contribution in [0.3, 0.4) is 0 Å². The first-order chi connectivity index (χ1) is 6.34. The Bertz CT molecular complexity index is 294. The van der Waals surface area contributed by atoms with Gasteiger partial charge in [-0.25, -0.2) is 0 Å². The first kappa shape index (κ1) is 7.98. The van der Waals surface area contributed by atoms with Gasteiger partial charge in [0.2, 0.25) is 0 Å². The van der Waals surface area contributed by atoms with E-state index in [2.05, 4.69) is 6.58 Å². The van der Waals surface area contributed by atoms with Crippen molar-refractivity contribution in [1.29, 1.82) is 0 Å². The summed E-state index contributed by atoms with van der Waals surface area (Å²) >= 11 is 0. The van der Waals surface area contributed by atoms with Gasteiger partial charge in [-0.15, -0.1) is 0 Å². The quantitative estimate of drug-likeness (QED) is 0.692. The van der Waals surface area contributed by atoms with E-state index in [-0.39, 0.29) is 6.29 Å².